The fourth-order valence-electron chi connectivity index (χ4n) is 0.732. The Labute approximate surface area is 71.5 Å². The van der Waals surface area contributed by atoms with Crippen LogP contribution in [-0.2, 0) is 0 Å². The zero-order chi connectivity index (χ0) is 8.27. The second-order valence-corrected chi connectivity index (χ2v) is 2.46. The van der Waals surface area contributed by atoms with E-state index in [9.17, 15) is 0 Å². The number of ether oxygens (including phenoxy) is 2. The molecule has 1 aromatic carbocycles. The van der Waals surface area contributed by atoms with Crippen LogP contribution in [0.4, 0.5) is 0 Å². The van der Waals surface area contributed by atoms with Crippen molar-refractivity contribution in [2.24, 2.45) is 0 Å². The number of methoxy groups -OCH3 is 2. The van der Waals surface area contributed by atoms with Crippen LogP contribution in [0, 0.1) is 6.07 Å². The van der Waals surface area contributed by atoms with Crippen LogP contribution in [-0.4, -0.2) is 14.2 Å². The predicted molar refractivity (Wildman–Crippen MR) is 45.6 cm³/mol. The quantitative estimate of drug-likeness (QED) is 0.680. The van der Waals surface area contributed by atoms with Gasteiger partial charge in [-0.05, 0) is 6.07 Å². The largest absolute Gasteiger partial charge is 0.497 e. The van der Waals surface area contributed by atoms with E-state index in [4.69, 9.17) is 9.47 Å². The highest BCUT2D eigenvalue weighted by Gasteiger charge is 1.97. The first-order valence-corrected chi connectivity index (χ1v) is 3.55. The Bertz CT molecular complexity index is 226. The van der Waals surface area contributed by atoms with Gasteiger partial charge in [0.05, 0.1) is 14.2 Å². The summed E-state index contributed by atoms with van der Waals surface area (Å²) in [7, 11) is 3.18. The molecule has 0 heterocycles. The molecule has 3 heteroatoms. The van der Waals surface area contributed by atoms with E-state index in [1.54, 1.807) is 26.4 Å². The van der Waals surface area contributed by atoms with Gasteiger partial charge in [-0.3, -0.25) is 0 Å². The lowest BCUT2D eigenvalue weighted by atomic mass is 10.3. The summed E-state index contributed by atoms with van der Waals surface area (Å²) in [5.41, 5.74) is 0. The van der Waals surface area contributed by atoms with Gasteiger partial charge in [0.2, 0.25) is 0 Å². The summed E-state index contributed by atoms with van der Waals surface area (Å²) in [6.07, 6.45) is 0. The number of benzene rings is 1. The van der Waals surface area contributed by atoms with E-state index in [1.165, 1.54) is 0 Å². The Morgan fingerprint density at radius 2 is 2.00 bits per heavy atom. The average molecular weight is 169 g/mol. The molecule has 0 saturated heterocycles. The maximum absolute atomic E-state index is 4.99. The number of rotatable bonds is 2. The van der Waals surface area contributed by atoms with Crippen LogP contribution in [0.3, 0.4) is 0 Å². The lowest BCUT2D eigenvalue weighted by Crippen LogP contribution is -1.86. The highest BCUT2D eigenvalue weighted by Crippen LogP contribution is 2.23. The summed E-state index contributed by atoms with van der Waals surface area (Å²) in [5, 5.41) is 0. The fraction of sp³-hybridized carbons (Fsp3) is 0.250. The van der Waals surface area contributed by atoms with E-state index in [-0.39, 0.29) is 0 Å². The molecule has 0 unspecified atom stereocenters. The lowest BCUT2D eigenvalue weighted by Gasteiger charge is -2.03. The van der Waals surface area contributed by atoms with Gasteiger partial charge in [0.15, 0.2) is 0 Å². The summed E-state index contributed by atoms with van der Waals surface area (Å²) >= 11 is 4.12. The van der Waals surface area contributed by atoms with Gasteiger partial charge in [0.1, 0.15) is 11.5 Å². The minimum absolute atomic E-state index is 0.634. The van der Waals surface area contributed by atoms with E-state index < -0.39 is 0 Å². The van der Waals surface area contributed by atoms with Crippen molar-refractivity contribution in [3.8, 4) is 11.5 Å². The molecule has 0 aliphatic heterocycles. The third kappa shape index (κ3) is 2.05. The Hall–Kier alpha value is -0.830. The summed E-state index contributed by atoms with van der Waals surface area (Å²) in [6.45, 7) is 0. The van der Waals surface area contributed by atoms with Crippen LogP contribution in [0.2, 0.25) is 0 Å². The predicted octanol–water partition coefficient (Wildman–Crippen LogP) is 1.79. The third-order valence-electron chi connectivity index (χ3n) is 1.26. The molecule has 0 aliphatic carbocycles. The SMILES string of the molecule is COc1[c]c(S)cc(OC)c1. The van der Waals surface area contributed by atoms with Gasteiger partial charge >= 0.3 is 0 Å². The molecule has 1 rings (SSSR count). The highest BCUT2D eigenvalue weighted by atomic mass is 32.1. The van der Waals surface area contributed by atoms with Gasteiger partial charge in [-0.2, -0.15) is 0 Å². The van der Waals surface area contributed by atoms with Crippen molar-refractivity contribution in [2.45, 2.75) is 4.90 Å². The van der Waals surface area contributed by atoms with Crippen molar-refractivity contribution in [3.05, 3.63) is 18.2 Å². The van der Waals surface area contributed by atoms with Crippen LogP contribution in [0.1, 0.15) is 0 Å². The molecule has 0 atom stereocenters. The van der Waals surface area contributed by atoms with E-state index in [0.717, 1.165) is 5.75 Å². The minimum atomic E-state index is 0.634. The maximum atomic E-state index is 4.99. The van der Waals surface area contributed by atoms with Gasteiger partial charge in [-0.25, -0.2) is 0 Å². The maximum Gasteiger partial charge on any atom is 0.131 e. The monoisotopic (exact) mass is 169 g/mol. The minimum Gasteiger partial charge on any atom is -0.497 e. The molecular weight excluding hydrogens is 160 g/mol. The number of hydrogen-bond donors (Lipinski definition) is 1. The molecule has 0 spiro atoms. The van der Waals surface area contributed by atoms with Crippen molar-refractivity contribution in [3.63, 3.8) is 0 Å². The Morgan fingerprint density at radius 1 is 1.27 bits per heavy atom. The van der Waals surface area contributed by atoms with Crippen molar-refractivity contribution in [2.75, 3.05) is 14.2 Å². The summed E-state index contributed by atoms with van der Waals surface area (Å²) in [5.74, 6) is 1.36. The Kier molecular flexibility index (Phi) is 2.65. The normalized spacial score (nSPS) is 9.36. The molecule has 0 saturated carbocycles. The van der Waals surface area contributed by atoms with Crippen LogP contribution in [0.15, 0.2) is 17.0 Å². The first kappa shape index (κ1) is 8.27. The van der Waals surface area contributed by atoms with Gasteiger partial charge < -0.3 is 9.47 Å². The molecule has 0 aliphatic rings. The molecule has 11 heavy (non-hydrogen) atoms. The fourth-order valence-corrected chi connectivity index (χ4v) is 0.969. The zero-order valence-electron chi connectivity index (χ0n) is 6.42. The van der Waals surface area contributed by atoms with E-state index >= 15 is 0 Å². The molecule has 1 radical (unpaired) electrons. The van der Waals surface area contributed by atoms with Crippen LogP contribution >= 0.6 is 12.6 Å². The Morgan fingerprint density at radius 3 is 2.55 bits per heavy atom. The second kappa shape index (κ2) is 3.53. The van der Waals surface area contributed by atoms with Crippen molar-refractivity contribution in [1.82, 2.24) is 0 Å². The van der Waals surface area contributed by atoms with Crippen LogP contribution < -0.4 is 9.47 Å². The number of thiol groups is 1. The van der Waals surface area contributed by atoms with Gasteiger partial charge in [0, 0.05) is 17.0 Å². The second-order valence-electron chi connectivity index (χ2n) is 1.97. The highest BCUT2D eigenvalue weighted by molar-refractivity contribution is 7.80. The van der Waals surface area contributed by atoms with Gasteiger partial charge in [-0.15, -0.1) is 12.6 Å². The molecule has 59 valence electrons. The standard InChI is InChI=1S/C8H9O2S/c1-9-6-3-7(10-2)5-8(11)4-6/h3-4,11H,1-2H3. The van der Waals surface area contributed by atoms with Crippen LogP contribution in [0.5, 0.6) is 11.5 Å². The van der Waals surface area contributed by atoms with Gasteiger partial charge in [-0.1, -0.05) is 0 Å². The molecule has 0 amide bonds. The third-order valence-corrected chi connectivity index (χ3v) is 1.50. The van der Waals surface area contributed by atoms with Crippen molar-refractivity contribution >= 4 is 12.6 Å². The van der Waals surface area contributed by atoms with Crippen molar-refractivity contribution < 1.29 is 9.47 Å². The first-order valence-electron chi connectivity index (χ1n) is 3.10. The molecule has 0 aromatic heterocycles. The topological polar surface area (TPSA) is 18.5 Å². The molecule has 0 fully saturated rings. The molecular formula is C8H9O2S. The molecule has 2 nitrogen and oxygen atoms in total. The lowest BCUT2D eigenvalue weighted by molar-refractivity contribution is 0.392. The number of hydrogen-bond acceptors (Lipinski definition) is 3. The smallest absolute Gasteiger partial charge is 0.131 e. The molecule has 0 N–H and O–H groups in total. The Balaban J connectivity index is 3.02. The molecule has 0 bridgehead atoms. The van der Waals surface area contributed by atoms with Crippen LogP contribution in [0.25, 0.3) is 0 Å². The average Bonchev–Trinajstić information content (AvgIpc) is 2.03. The van der Waals surface area contributed by atoms with Crippen molar-refractivity contribution in [1.29, 1.82) is 0 Å². The summed E-state index contributed by atoms with van der Waals surface area (Å²) < 4.78 is 9.94. The summed E-state index contributed by atoms with van der Waals surface area (Å²) in [6, 6.07) is 6.41. The van der Waals surface area contributed by atoms with Gasteiger partial charge in [0.25, 0.3) is 0 Å². The van der Waals surface area contributed by atoms with E-state index in [2.05, 4.69) is 18.7 Å². The summed E-state index contributed by atoms with van der Waals surface area (Å²) in [4.78, 5) is 0.709. The van der Waals surface area contributed by atoms with E-state index in [0.29, 0.717) is 10.6 Å². The first-order chi connectivity index (χ1) is 5.26. The zero-order valence-corrected chi connectivity index (χ0v) is 7.31. The van der Waals surface area contributed by atoms with E-state index in [1.807, 2.05) is 0 Å². The molecule has 1 aromatic rings.